The number of benzene rings is 1. The highest BCUT2D eigenvalue weighted by molar-refractivity contribution is 5.44. The van der Waals surface area contributed by atoms with E-state index in [1.54, 1.807) is 0 Å². The Bertz CT molecular complexity index is 516. The van der Waals surface area contributed by atoms with E-state index in [1.807, 2.05) is 12.4 Å². The minimum absolute atomic E-state index is 0.596. The molecule has 0 bridgehead atoms. The molecule has 1 aliphatic carbocycles. The van der Waals surface area contributed by atoms with Crippen LogP contribution in [0, 0.1) is 6.92 Å². The highest BCUT2D eigenvalue weighted by atomic mass is 14.9. The first-order valence-corrected chi connectivity index (χ1v) is 6.54. The van der Waals surface area contributed by atoms with E-state index in [0.717, 1.165) is 11.6 Å². The van der Waals surface area contributed by atoms with E-state index in [2.05, 4.69) is 53.6 Å². The van der Waals surface area contributed by atoms with Gasteiger partial charge in [-0.1, -0.05) is 30.3 Å². The lowest BCUT2D eigenvalue weighted by Crippen LogP contribution is -2.34. The standard InChI is InChI=1S/C16H18N2/c1-12-7-16(11-17-10-12)18-15-8-14(9-15)13-5-3-2-4-6-13/h2-7,10-11,14-15,18H,8-9H2,1H3. The second-order valence-corrected chi connectivity index (χ2v) is 5.17. The Kier molecular flexibility index (Phi) is 3.01. The number of aromatic nitrogens is 1. The Hall–Kier alpha value is -1.83. The first-order chi connectivity index (χ1) is 8.81. The monoisotopic (exact) mass is 238 g/mol. The van der Waals surface area contributed by atoms with Gasteiger partial charge in [0, 0.05) is 18.4 Å². The molecule has 0 amide bonds. The van der Waals surface area contributed by atoms with Crippen LogP contribution < -0.4 is 5.32 Å². The van der Waals surface area contributed by atoms with Crippen molar-refractivity contribution in [1.82, 2.24) is 4.98 Å². The molecule has 0 unspecified atom stereocenters. The number of nitrogens with zero attached hydrogens (tertiary/aromatic N) is 1. The van der Waals surface area contributed by atoms with Crippen molar-refractivity contribution in [2.45, 2.75) is 31.7 Å². The van der Waals surface area contributed by atoms with E-state index < -0.39 is 0 Å². The largest absolute Gasteiger partial charge is 0.381 e. The molecule has 2 nitrogen and oxygen atoms in total. The van der Waals surface area contributed by atoms with E-state index in [4.69, 9.17) is 0 Å². The lowest BCUT2D eigenvalue weighted by molar-refractivity contribution is 0.374. The minimum Gasteiger partial charge on any atom is -0.381 e. The molecule has 0 atom stereocenters. The maximum Gasteiger partial charge on any atom is 0.0531 e. The van der Waals surface area contributed by atoms with Gasteiger partial charge >= 0.3 is 0 Å². The van der Waals surface area contributed by atoms with Crippen LogP contribution in [0.25, 0.3) is 0 Å². The summed E-state index contributed by atoms with van der Waals surface area (Å²) in [5, 5.41) is 3.56. The van der Waals surface area contributed by atoms with Crippen molar-refractivity contribution in [3.63, 3.8) is 0 Å². The van der Waals surface area contributed by atoms with Gasteiger partial charge in [0.1, 0.15) is 0 Å². The molecule has 1 heterocycles. The molecular formula is C16H18N2. The summed E-state index contributed by atoms with van der Waals surface area (Å²) < 4.78 is 0. The fourth-order valence-corrected chi connectivity index (χ4v) is 2.60. The summed E-state index contributed by atoms with van der Waals surface area (Å²) in [6, 6.07) is 13.5. The molecule has 1 N–H and O–H groups in total. The fourth-order valence-electron chi connectivity index (χ4n) is 2.60. The van der Waals surface area contributed by atoms with Crippen LogP contribution in [0.15, 0.2) is 48.8 Å². The van der Waals surface area contributed by atoms with Crippen molar-refractivity contribution >= 4 is 5.69 Å². The van der Waals surface area contributed by atoms with Crippen molar-refractivity contribution in [3.05, 3.63) is 59.9 Å². The molecule has 0 aliphatic heterocycles. The second-order valence-electron chi connectivity index (χ2n) is 5.17. The summed E-state index contributed by atoms with van der Waals surface area (Å²) in [7, 11) is 0. The molecule has 2 aromatic rings. The van der Waals surface area contributed by atoms with Crippen molar-refractivity contribution in [3.8, 4) is 0 Å². The van der Waals surface area contributed by atoms with Gasteiger partial charge in [-0.15, -0.1) is 0 Å². The third kappa shape index (κ3) is 2.37. The fraction of sp³-hybridized carbons (Fsp3) is 0.312. The number of hydrogen-bond donors (Lipinski definition) is 1. The van der Waals surface area contributed by atoms with Gasteiger partial charge in [-0.25, -0.2) is 0 Å². The molecule has 0 spiro atoms. The summed E-state index contributed by atoms with van der Waals surface area (Å²) in [4.78, 5) is 4.21. The summed E-state index contributed by atoms with van der Waals surface area (Å²) in [6.45, 7) is 2.08. The van der Waals surface area contributed by atoms with Gasteiger partial charge in [0.05, 0.1) is 5.69 Å². The average molecular weight is 238 g/mol. The predicted octanol–water partition coefficient (Wildman–Crippen LogP) is 3.75. The molecule has 18 heavy (non-hydrogen) atoms. The average Bonchev–Trinajstić information content (AvgIpc) is 2.34. The zero-order valence-corrected chi connectivity index (χ0v) is 10.6. The smallest absolute Gasteiger partial charge is 0.0531 e. The molecule has 0 saturated heterocycles. The Morgan fingerprint density at radius 1 is 1.11 bits per heavy atom. The Labute approximate surface area is 108 Å². The molecule has 1 aromatic heterocycles. The third-order valence-electron chi connectivity index (χ3n) is 3.65. The zero-order valence-electron chi connectivity index (χ0n) is 10.6. The van der Waals surface area contributed by atoms with Crippen molar-refractivity contribution in [1.29, 1.82) is 0 Å². The molecule has 1 saturated carbocycles. The van der Waals surface area contributed by atoms with Gasteiger partial charge in [0.2, 0.25) is 0 Å². The molecule has 92 valence electrons. The molecule has 1 aliphatic rings. The van der Waals surface area contributed by atoms with Gasteiger partial charge in [-0.05, 0) is 42.9 Å². The molecule has 3 rings (SSSR count). The second kappa shape index (κ2) is 4.81. The minimum atomic E-state index is 0.596. The maximum atomic E-state index is 4.21. The van der Waals surface area contributed by atoms with Crippen LogP contribution in [0.3, 0.4) is 0 Å². The third-order valence-corrected chi connectivity index (χ3v) is 3.65. The quantitative estimate of drug-likeness (QED) is 0.881. The first-order valence-electron chi connectivity index (χ1n) is 6.54. The van der Waals surface area contributed by atoms with Crippen LogP contribution in [-0.4, -0.2) is 11.0 Å². The van der Waals surface area contributed by atoms with Crippen LogP contribution >= 0.6 is 0 Å². The highest BCUT2D eigenvalue weighted by Crippen LogP contribution is 2.38. The van der Waals surface area contributed by atoms with Gasteiger partial charge < -0.3 is 5.32 Å². The van der Waals surface area contributed by atoms with Gasteiger partial charge in [-0.2, -0.15) is 0 Å². The lowest BCUT2D eigenvalue weighted by atomic mass is 9.76. The number of aryl methyl sites for hydroxylation is 1. The zero-order chi connectivity index (χ0) is 12.4. The number of anilines is 1. The highest BCUT2D eigenvalue weighted by Gasteiger charge is 2.29. The van der Waals surface area contributed by atoms with Gasteiger partial charge in [0.15, 0.2) is 0 Å². The number of hydrogen-bond acceptors (Lipinski definition) is 2. The van der Waals surface area contributed by atoms with E-state index in [1.165, 1.54) is 24.0 Å². The predicted molar refractivity (Wildman–Crippen MR) is 74.8 cm³/mol. The first kappa shape index (κ1) is 11.3. The van der Waals surface area contributed by atoms with E-state index in [0.29, 0.717) is 6.04 Å². The van der Waals surface area contributed by atoms with Crippen molar-refractivity contribution in [2.75, 3.05) is 5.32 Å². The molecule has 1 fully saturated rings. The Morgan fingerprint density at radius 3 is 2.61 bits per heavy atom. The van der Waals surface area contributed by atoms with Crippen LogP contribution in [0.2, 0.25) is 0 Å². The van der Waals surface area contributed by atoms with E-state index in [-0.39, 0.29) is 0 Å². The van der Waals surface area contributed by atoms with Crippen LogP contribution in [-0.2, 0) is 0 Å². The lowest BCUT2D eigenvalue weighted by Gasteiger charge is -2.36. The molecular weight excluding hydrogens is 220 g/mol. The van der Waals surface area contributed by atoms with E-state index in [9.17, 15) is 0 Å². The van der Waals surface area contributed by atoms with Gasteiger partial charge in [0.25, 0.3) is 0 Å². The van der Waals surface area contributed by atoms with Gasteiger partial charge in [-0.3, -0.25) is 4.98 Å². The Balaban J connectivity index is 1.57. The molecule has 0 radical (unpaired) electrons. The van der Waals surface area contributed by atoms with Crippen LogP contribution in [0.4, 0.5) is 5.69 Å². The molecule has 1 aromatic carbocycles. The van der Waals surface area contributed by atoms with Crippen LogP contribution in [0.1, 0.15) is 29.9 Å². The number of pyridine rings is 1. The molecule has 2 heteroatoms. The summed E-state index contributed by atoms with van der Waals surface area (Å²) >= 11 is 0. The number of nitrogens with one attached hydrogen (secondary N) is 1. The van der Waals surface area contributed by atoms with Crippen molar-refractivity contribution < 1.29 is 0 Å². The summed E-state index contributed by atoms with van der Waals surface area (Å²) in [5.41, 5.74) is 3.82. The van der Waals surface area contributed by atoms with Crippen LogP contribution in [0.5, 0.6) is 0 Å². The van der Waals surface area contributed by atoms with E-state index >= 15 is 0 Å². The maximum absolute atomic E-state index is 4.21. The normalized spacial score (nSPS) is 22.3. The SMILES string of the molecule is Cc1cncc(NC2CC(c3ccccc3)C2)c1. The summed E-state index contributed by atoms with van der Waals surface area (Å²) in [6.07, 6.45) is 6.23. The number of rotatable bonds is 3. The Morgan fingerprint density at radius 2 is 1.89 bits per heavy atom. The topological polar surface area (TPSA) is 24.9 Å². The summed E-state index contributed by atoms with van der Waals surface area (Å²) in [5.74, 6) is 0.724. The van der Waals surface area contributed by atoms with Crippen molar-refractivity contribution in [2.24, 2.45) is 0 Å².